The predicted octanol–water partition coefficient (Wildman–Crippen LogP) is 4.61. The Morgan fingerprint density at radius 2 is 2.06 bits per heavy atom. The van der Waals surface area contributed by atoms with E-state index in [1.165, 1.54) is 36.3 Å². The van der Waals surface area contributed by atoms with Gasteiger partial charge in [0.2, 0.25) is 0 Å². The highest BCUT2D eigenvalue weighted by atomic mass is 32.2. The van der Waals surface area contributed by atoms with Gasteiger partial charge >= 0.3 is 0 Å². The van der Waals surface area contributed by atoms with Crippen molar-refractivity contribution in [2.24, 2.45) is 17.3 Å². The molecule has 0 aliphatic heterocycles. The fraction of sp³-hybridized carbons (Fsp3) is 0.600. The Balaban J connectivity index is 1.57. The van der Waals surface area contributed by atoms with Crippen LogP contribution in [-0.4, -0.2) is 5.75 Å². The number of thioether (sulfide) groups is 1. The van der Waals surface area contributed by atoms with E-state index in [1.54, 1.807) is 0 Å². The number of rotatable bonds is 3. The van der Waals surface area contributed by atoms with Gasteiger partial charge < -0.3 is 0 Å². The molecule has 1 aromatic carbocycles. The molecule has 86 valence electrons. The zero-order valence-corrected chi connectivity index (χ0v) is 10.8. The molecule has 0 spiro atoms. The Labute approximate surface area is 103 Å². The summed E-state index contributed by atoms with van der Waals surface area (Å²) >= 11 is 2.06. The highest BCUT2D eigenvalue weighted by Crippen LogP contribution is 2.67. The monoisotopic (exact) mass is 232 g/mol. The minimum absolute atomic E-state index is 0.722. The van der Waals surface area contributed by atoms with Crippen molar-refractivity contribution in [3.63, 3.8) is 0 Å². The normalized spacial score (nSPS) is 36.8. The van der Waals surface area contributed by atoms with Crippen molar-refractivity contribution in [3.05, 3.63) is 30.3 Å². The van der Waals surface area contributed by atoms with Gasteiger partial charge in [0.05, 0.1) is 0 Å². The lowest BCUT2D eigenvalue weighted by atomic mass is 9.90. The van der Waals surface area contributed by atoms with Crippen LogP contribution in [0.25, 0.3) is 0 Å². The quantitative estimate of drug-likeness (QED) is 0.686. The summed E-state index contributed by atoms with van der Waals surface area (Å²) in [7, 11) is 0. The van der Waals surface area contributed by atoms with Gasteiger partial charge in [-0.2, -0.15) is 0 Å². The first-order chi connectivity index (χ1) is 7.81. The van der Waals surface area contributed by atoms with Crippen molar-refractivity contribution in [1.29, 1.82) is 0 Å². The minimum Gasteiger partial charge on any atom is -0.126 e. The van der Waals surface area contributed by atoms with E-state index >= 15 is 0 Å². The molecule has 0 N–H and O–H groups in total. The standard InChI is InChI=1S/C15H20S/c1-15-10-6-5-9-13(15)14(15)11-16-12-7-3-2-4-8-12/h2-4,7-8,13-14H,5-6,9-11H2,1H3/t13-,14-,15-/m0/s1. The van der Waals surface area contributed by atoms with Crippen LogP contribution < -0.4 is 0 Å². The second-order valence-corrected chi connectivity index (χ2v) is 6.68. The molecule has 0 saturated heterocycles. The number of benzene rings is 1. The van der Waals surface area contributed by atoms with Crippen LogP contribution >= 0.6 is 11.8 Å². The Morgan fingerprint density at radius 1 is 1.25 bits per heavy atom. The van der Waals surface area contributed by atoms with Crippen LogP contribution in [0.2, 0.25) is 0 Å². The fourth-order valence-electron chi connectivity index (χ4n) is 3.55. The van der Waals surface area contributed by atoms with E-state index in [9.17, 15) is 0 Å². The summed E-state index contributed by atoms with van der Waals surface area (Å²) in [5.41, 5.74) is 0.722. The SMILES string of the molecule is C[C@]12CCCC[C@H]1[C@@H]2CSc1ccccc1. The summed E-state index contributed by atoms with van der Waals surface area (Å²) in [5.74, 6) is 3.39. The Bertz CT molecular complexity index is 359. The van der Waals surface area contributed by atoms with Crippen LogP contribution in [0, 0.1) is 17.3 Å². The van der Waals surface area contributed by atoms with Crippen LogP contribution in [-0.2, 0) is 0 Å². The highest BCUT2D eigenvalue weighted by Gasteiger charge is 2.60. The van der Waals surface area contributed by atoms with E-state index in [-0.39, 0.29) is 0 Å². The van der Waals surface area contributed by atoms with E-state index in [0.717, 1.165) is 17.3 Å². The second kappa shape index (κ2) is 4.10. The molecule has 1 heteroatoms. The van der Waals surface area contributed by atoms with Crippen molar-refractivity contribution in [3.8, 4) is 0 Å². The van der Waals surface area contributed by atoms with Gasteiger partial charge in [-0.05, 0) is 42.2 Å². The fourth-order valence-corrected chi connectivity index (χ4v) is 4.88. The summed E-state index contributed by atoms with van der Waals surface area (Å²) < 4.78 is 0. The molecule has 0 amide bonds. The van der Waals surface area contributed by atoms with E-state index in [0.29, 0.717) is 0 Å². The van der Waals surface area contributed by atoms with Gasteiger partial charge in [-0.25, -0.2) is 0 Å². The van der Waals surface area contributed by atoms with Crippen molar-refractivity contribution >= 4 is 11.8 Å². The molecule has 0 radical (unpaired) electrons. The lowest BCUT2D eigenvalue weighted by Crippen LogP contribution is -2.04. The van der Waals surface area contributed by atoms with E-state index in [1.807, 2.05) is 0 Å². The summed E-state index contributed by atoms with van der Waals surface area (Å²) in [5, 5.41) is 0. The summed E-state index contributed by atoms with van der Waals surface area (Å²) in [6.45, 7) is 2.52. The average molecular weight is 232 g/mol. The van der Waals surface area contributed by atoms with Gasteiger partial charge in [0.1, 0.15) is 0 Å². The third kappa shape index (κ3) is 1.79. The smallest absolute Gasteiger partial charge is 0.00720 e. The molecule has 2 aliphatic carbocycles. The molecular formula is C15H20S. The minimum atomic E-state index is 0.722. The van der Waals surface area contributed by atoms with Crippen LogP contribution in [0.5, 0.6) is 0 Å². The maximum atomic E-state index is 2.52. The third-order valence-corrected chi connectivity index (χ3v) is 5.86. The van der Waals surface area contributed by atoms with Gasteiger partial charge in [0, 0.05) is 10.6 Å². The van der Waals surface area contributed by atoms with E-state index in [4.69, 9.17) is 0 Å². The largest absolute Gasteiger partial charge is 0.126 e. The first kappa shape index (κ1) is 10.7. The summed E-state index contributed by atoms with van der Waals surface area (Å²) in [6, 6.07) is 10.9. The molecule has 0 bridgehead atoms. The molecule has 16 heavy (non-hydrogen) atoms. The highest BCUT2D eigenvalue weighted by molar-refractivity contribution is 7.99. The molecule has 1 aromatic rings. The topological polar surface area (TPSA) is 0 Å². The number of hydrogen-bond acceptors (Lipinski definition) is 1. The zero-order valence-electron chi connectivity index (χ0n) is 9.99. The van der Waals surface area contributed by atoms with Gasteiger partial charge in [0.25, 0.3) is 0 Å². The lowest BCUT2D eigenvalue weighted by Gasteiger charge is -2.16. The van der Waals surface area contributed by atoms with Gasteiger partial charge in [0.15, 0.2) is 0 Å². The Morgan fingerprint density at radius 3 is 2.75 bits per heavy atom. The van der Waals surface area contributed by atoms with E-state index < -0.39 is 0 Å². The molecule has 3 rings (SSSR count). The maximum Gasteiger partial charge on any atom is 0.00720 e. The molecular weight excluding hydrogens is 212 g/mol. The maximum absolute atomic E-state index is 2.52. The molecule has 0 nitrogen and oxygen atoms in total. The molecule has 2 aliphatic rings. The lowest BCUT2D eigenvalue weighted by molar-refractivity contribution is 0.361. The molecule has 3 atom stereocenters. The first-order valence-electron chi connectivity index (χ1n) is 6.48. The number of fused-ring (bicyclic) bond motifs is 1. The van der Waals surface area contributed by atoms with Crippen LogP contribution in [0.15, 0.2) is 35.2 Å². The Hall–Kier alpha value is -0.430. The van der Waals surface area contributed by atoms with Crippen molar-refractivity contribution in [2.75, 3.05) is 5.75 Å². The van der Waals surface area contributed by atoms with Crippen molar-refractivity contribution in [1.82, 2.24) is 0 Å². The first-order valence-corrected chi connectivity index (χ1v) is 7.47. The molecule has 2 saturated carbocycles. The van der Waals surface area contributed by atoms with Crippen molar-refractivity contribution < 1.29 is 0 Å². The van der Waals surface area contributed by atoms with Gasteiger partial charge in [-0.3, -0.25) is 0 Å². The van der Waals surface area contributed by atoms with Gasteiger partial charge in [-0.1, -0.05) is 38.0 Å². The summed E-state index contributed by atoms with van der Waals surface area (Å²) in [4.78, 5) is 1.44. The third-order valence-electron chi connectivity index (χ3n) is 4.72. The van der Waals surface area contributed by atoms with E-state index in [2.05, 4.69) is 49.0 Å². The average Bonchev–Trinajstić information content (AvgIpc) is 2.93. The van der Waals surface area contributed by atoms with Crippen LogP contribution in [0.1, 0.15) is 32.6 Å². The van der Waals surface area contributed by atoms with Crippen LogP contribution in [0.4, 0.5) is 0 Å². The van der Waals surface area contributed by atoms with Crippen molar-refractivity contribution in [2.45, 2.75) is 37.5 Å². The zero-order chi connectivity index (χ0) is 11.0. The predicted molar refractivity (Wildman–Crippen MR) is 70.7 cm³/mol. The van der Waals surface area contributed by atoms with Gasteiger partial charge in [-0.15, -0.1) is 11.8 Å². The molecule has 0 unspecified atom stereocenters. The molecule has 0 aromatic heterocycles. The molecule has 2 fully saturated rings. The number of hydrogen-bond donors (Lipinski definition) is 0. The Kier molecular flexibility index (Phi) is 2.75. The summed E-state index contributed by atoms with van der Waals surface area (Å²) in [6.07, 6.45) is 5.93. The second-order valence-electron chi connectivity index (χ2n) is 5.59. The van der Waals surface area contributed by atoms with Crippen LogP contribution in [0.3, 0.4) is 0 Å². The molecule has 0 heterocycles.